The van der Waals surface area contributed by atoms with Gasteiger partial charge in [0.05, 0.1) is 0 Å². The second-order valence-electron chi connectivity index (χ2n) is 2.67. The van der Waals surface area contributed by atoms with Crippen molar-refractivity contribution >= 4 is 18.0 Å². The van der Waals surface area contributed by atoms with Crippen LogP contribution in [-0.2, 0) is 14.3 Å². The van der Waals surface area contributed by atoms with Crippen molar-refractivity contribution in [2.24, 2.45) is 0 Å². The Morgan fingerprint density at radius 1 is 1.36 bits per heavy atom. The second kappa shape index (κ2) is 5.95. The molecule has 0 aromatic carbocycles. The van der Waals surface area contributed by atoms with Crippen molar-refractivity contribution in [1.82, 2.24) is 4.90 Å². The van der Waals surface area contributed by atoms with Gasteiger partial charge in [0.15, 0.2) is 0 Å². The summed E-state index contributed by atoms with van der Waals surface area (Å²) in [4.78, 5) is 32.8. The van der Waals surface area contributed by atoms with Crippen LogP contribution in [0.4, 0.5) is 4.79 Å². The number of carboxylic acid groups (broad SMARTS) is 1. The average Bonchev–Trinajstić information content (AvgIpc) is 2.01. The average molecular weight is 203 g/mol. The topological polar surface area (TPSA) is 83.9 Å². The molecule has 6 heteroatoms. The Morgan fingerprint density at radius 3 is 2.29 bits per heavy atom. The molecule has 0 aliphatic heterocycles. The van der Waals surface area contributed by atoms with Gasteiger partial charge in [-0.25, -0.2) is 4.79 Å². The normalized spacial score (nSPS) is 9.29. The van der Waals surface area contributed by atoms with Crippen LogP contribution in [0.3, 0.4) is 0 Å². The molecule has 1 N–H and O–H groups in total. The molecule has 0 fully saturated rings. The van der Waals surface area contributed by atoms with E-state index in [2.05, 4.69) is 4.74 Å². The largest absolute Gasteiger partial charge is 0.480 e. The number of rotatable bonds is 4. The maximum atomic E-state index is 11.1. The Bertz CT molecular complexity index is 238. The van der Waals surface area contributed by atoms with E-state index in [0.717, 1.165) is 11.8 Å². The molecule has 0 aliphatic carbocycles. The van der Waals surface area contributed by atoms with Crippen LogP contribution in [0, 0.1) is 0 Å². The molecule has 80 valence electrons. The number of amides is 1. The van der Waals surface area contributed by atoms with Gasteiger partial charge in [0.25, 0.3) is 0 Å². The summed E-state index contributed by atoms with van der Waals surface area (Å²) in [6.07, 6.45) is -0.318. The summed E-state index contributed by atoms with van der Waals surface area (Å²) < 4.78 is 4.25. The first-order valence-electron chi connectivity index (χ1n) is 4.16. The van der Waals surface area contributed by atoms with Crippen LogP contribution < -0.4 is 0 Å². The van der Waals surface area contributed by atoms with E-state index in [1.54, 1.807) is 6.92 Å². The highest BCUT2D eigenvalue weighted by Gasteiger charge is 2.18. The summed E-state index contributed by atoms with van der Waals surface area (Å²) in [6, 6.07) is 0. The maximum absolute atomic E-state index is 11.1. The first-order chi connectivity index (χ1) is 6.47. The zero-order chi connectivity index (χ0) is 11.1. The summed E-state index contributed by atoms with van der Waals surface area (Å²) >= 11 is 0. The number of hydrogen-bond acceptors (Lipinski definition) is 4. The van der Waals surface area contributed by atoms with E-state index in [-0.39, 0.29) is 6.54 Å². The van der Waals surface area contributed by atoms with Gasteiger partial charge in [0.2, 0.25) is 0 Å². The molecular weight excluding hydrogens is 190 g/mol. The summed E-state index contributed by atoms with van der Waals surface area (Å²) in [6.45, 7) is 2.66. The maximum Gasteiger partial charge on any atom is 0.418 e. The molecule has 14 heavy (non-hydrogen) atoms. The number of nitrogens with zero attached hydrogens (tertiary/aromatic N) is 1. The minimum Gasteiger partial charge on any atom is -0.480 e. The first kappa shape index (κ1) is 12.4. The van der Waals surface area contributed by atoms with Gasteiger partial charge in [-0.2, -0.15) is 0 Å². The predicted molar refractivity (Wildman–Crippen MR) is 46.7 cm³/mol. The van der Waals surface area contributed by atoms with Crippen molar-refractivity contribution in [2.75, 3.05) is 13.1 Å². The molecule has 0 bridgehead atoms. The minimum atomic E-state index is -1.14. The molecule has 1 amide bonds. The van der Waals surface area contributed by atoms with Crippen molar-refractivity contribution in [3.63, 3.8) is 0 Å². The summed E-state index contributed by atoms with van der Waals surface area (Å²) in [5, 5.41) is 8.46. The van der Waals surface area contributed by atoms with Gasteiger partial charge >= 0.3 is 18.0 Å². The lowest BCUT2D eigenvalue weighted by atomic mass is 10.4. The fourth-order valence-electron chi connectivity index (χ4n) is 0.856. The van der Waals surface area contributed by atoms with E-state index < -0.39 is 24.6 Å². The Hall–Kier alpha value is -1.59. The highest BCUT2D eigenvalue weighted by molar-refractivity contribution is 5.85. The highest BCUT2D eigenvalue weighted by atomic mass is 16.6. The van der Waals surface area contributed by atoms with Gasteiger partial charge in [0.1, 0.15) is 6.54 Å². The van der Waals surface area contributed by atoms with Crippen molar-refractivity contribution in [3.05, 3.63) is 0 Å². The molecule has 0 saturated heterocycles. The molecule has 0 heterocycles. The molecule has 0 aromatic heterocycles. The standard InChI is InChI=1S/C8H13NO5/c1-3-4-9(5-7(11)12)8(13)14-6(2)10/h3-5H2,1-2H3,(H,11,12). The molecular formula is C8H13NO5. The zero-order valence-corrected chi connectivity index (χ0v) is 8.15. The third kappa shape index (κ3) is 5.13. The van der Waals surface area contributed by atoms with Gasteiger partial charge in [-0.15, -0.1) is 0 Å². The third-order valence-corrected chi connectivity index (χ3v) is 1.31. The fourth-order valence-corrected chi connectivity index (χ4v) is 0.856. The number of carbonyl (C=O) groups is 3. The lowest BCUT2D eigenvalue weighted by Crippen LogP contribution is -2.37. The number of esters is 1. The van der Waals surface area contributed by atoms with Crippen LogP contribution in [-0.4, -0.2) is 41.1 Å². The molecule has 0 radical (unpaired) electrons. The third-order valence-electron chi connectivity index (χ3n) is 1.31. The van der Waals surface area contributed by atoms with E-state index in [1.165, 1.54) is 0 Å². The highest BCUT2D eigenvalue weighted by Crippen LogP contribution is 1.96. The van der Waals surface area contributed by atoms with E-state index in [9.17, 15) is 14.4 Å². The lowest BCUT2D eigenvalue weighted by Gasteiger charge is -2.17. The molecule has 0 unspecified atom stereocenters. The summed E-state index contributed by atoms with van der Waals surface area (Å²) in [5.74, 6) is -1.89. The Balaban J connectivity index is 4.24. The number of aliphatic carboxylic acids is 1. The quantitative estimate of drug-likeness (QED) is 0.530. The number of carboxylic acids is 1. The molecule has 0 saturated carbocycles. The predicted octanol–water partition coefficient (Wildman–Crippen LogP) is 0.466. The fraction of sp³-hybridized carbons (Fsp3) is 0.625. The lowest BCUT2D eigenvalue weighted by molar-refractivity contribution is -0.141. The summed E-state index contributed by atoms with van der Waals surface area (Å²) in [5.41, 5.74) is 0. The van der Waals surface area contributed by atoms with Crippen molar-refractivity contribution < 1.29 is 24.2 Å². The van der Waals surface area contributed by atoms with E-state index in [0.29, 0.717) is 6.42 Å². The Kier molecular flexibility index (Phi) is 5.28. The molecule has 6 nitrogen and oxygen atoms in total. The molecule has 0 rings (SSSR count). The van der Waals surface area contributed by atoms with Crippen LogP contribution in [0.5, 0.6) is 0 Å². The zero-order valence-electron chi connectivity index (χ0n) is 8.15. The van der Waals surface area contributed by atoms with Gasteiger partial charge < -0.3 is 9.84 Å². The van der Waals surface area contributed by atoms with Crippen LogP contribution in [0.1, 0.15) is 20.3 Å². The van der Waals surface area contributed by atoms with Gasteiger partial charge in [0, 0.05) is 13.5 Å². The second-order valence-corrected chi connectivity index (χ2v) is 2.67. The first-order valence-corrected chi connectivity index (χ1v) is 4.16. The van der Waals surface area contributed by atoms with Crippen LogP contribution in [0.15, 0.2) is 0 Å². The number of hydrogen-bond donors (Lipinski definition) is 1. The smallest absolute Gasteiger partial charge is 0.418 e. The monoisotopic (exact) mass is 203 g/mol. The van der Waals surface area contributed by atoms with Crippen LogP contribution >= 0.6 is 0 Å². The van der Waals surface area contributed by atoms with E-state index in [4.69, 9.17) is 5.11 Å². The molecule has 0 aromatic rings. The van der Waals surface area contributed by atoms with Crippen LogP contribution in [0.2, 0.25) is 0 Å². The molecule has 0 spiro atoms. The SMILES string of the molecule is CCCN(CC(=O)O)C(=O)OC(C)=O. The van der Waals surface area contributed by atoms with Crippen LogP contribution in [0.25, 0.3) is 0 Å². The van der Waals surface area contributed by atoms with E-state index in [1.807, 2.05) is 0 Å². The van der Waals surface area contributed by atoms with Gasteiger partial charge in [-0.3, -0.25) is 14.5 Å². The van der Waals surface area contributed by atoms with Gasteiger partial charge in [-0.05, 0) is 6.42 Å². The van der Waals surface area contributed by atoms with Crippen molar-refractivity contribution in [2.45, 2.75) is 20.3 Å². The van der Waals surface area contributed by atoms with E-state index >= 15 is 0 Å². The molecule has 0 atom stereocenters. The minimum absolute atomic E-state index is 0.248. The summed E-state index contributed by atoms with van der Waals surface area (Å²) in [7, 11) is 0. The Labute approximate surface area is 81.4 Å². The molecule has 0 aliphatic rings. The van der Waals surface area contributed by atoms with Gasteiger partial charge in [-0.1, -0.05) is 6.92 Å². The number of ether oxygens (including phenoxy) is 1. The number of carbonyl (C=O) groups excluding carboxylic acids is 2. The van der Waals surface area contributed by atoms with Crippen molar-refractivity contribution in [3.8, 4) is 0 Å². The van der Waals surface area contributed by atoms with Crippen molar-refractivity contribution in [1.29, 1.82) is 0 Å². The Morgan fingerprint density at radius 2 is 1.93 bits per heavy atom.